The monoisotopic (exact) mass is 189 g/mol. The fraction of sp³-hybridized carbons (Fsp3) is 1.00. The van der Waals surface area contributed by atoms with Crippen molar-refractivity contribution >= 4 is 10.8 Å². The van der Waals surface area contributed by atoms with Crippen LogP contribution in [0.15, 0.2) is 0 Å². The van der Waals surface area contributed by atoms with Crippen LogP contribution in [0.4, 0.5) is 0 Å². The summed E-state index contributed by atoms with van der Waals surface area (Å²) in [6, 6.07) is 0.941. The molecule has 1 N–H and O–H groups in total. The molecule has 1 saturated heterocycles. The van der Waals surface area contributed by atoms with E-state index >= 15 is 0 Å². The molecule has 1 aliphatic heterocycles. The highest BCUT2D eigenvalue weighted by atomic mass is 32.2. The van der Waals surface area contributed by atoms with Gasteiger partial charge in [0, 0.05) is 33.9 Å². The number of rotatable bonds is 2. The molecule has 4 unspecified atom stereocenters. The van der Waals surface area contributed by atoms with Crippen LogP contribution in [0.3, 0.4) is 0 Å². The molecule has 3 heteroatoms. The summed E-state index contributed by atoms with van der Waals surface area (Å²) in [5.74, 6) is 0.841. The maximum Gasteiger partial charge on any atom is 0.0473 e. The van der Waals surface area contributed by atoms with E-state index in [1.165, 1.54) is 0 Å². The van der Waals surface area contributed by atoms with Crippen LogP contribution in [0, 0.1) is 0 Å². The van der Waals surface area contributed by atoms with E-state index in [1.54, 1.807) is 0 Å². The van der Waals surface area contributed by atoms with Gasteiger partial charge in [-0.25, -0.2) is 0 Å². The van der Waals surface area contributed by atoms with Gasteiger partial charge in [-0.2, -0.15) is 0 Å². The Kier molecular flexibility index (Phi) is 3.72. The quantitative estimate of drug-likeness (QED) is 0.709. The predicted molar refractivity (Wildman–Crippen MR) is 53.8 cm³/mol. The minimum Gasteiger partial charge on any atom is -0.309 e. The van der Waals surface area contributed by atoms with Gasteiger partial charge in [-0.05, 0) is 19.8 Å². The summed E-state index contributed by atoms with van der Waals surface area (Å²) in [6.45, 7) is 6.39. The molecule has 1 fully saturated rings. The van der Waals surface area contributed by atoms with Gasteiger partial charge in [0.15, 0.2) is 0 Å². The molecule has 72 valence electrons. The van der Waals surface area contributed by atoms with E-state index in [1.807, 2.05) is 0 Å². The summed E-state index contributed by atoms with van der Waals surface area (Å²) < 4.78 is 11.6. The SMILES string of the molecule is CCC1CS(=O)C(C)C(CC)N1. The normalized spacial score (nSPS) is 42.9. The first-order valence-corrected chi connectivity index (χ1v) is 6.20. The molecule has 4 atom stereocenters. The van der Waals surface area contributed by atoms with E-state index in [9.17, 15) is 4.21 Å². The van der Waals surface area contributed by atoms with Crippen molar-refractivity contribution < 1.29 is 4.21 Å². The largest absolute Gasteiger partial charge is 0.309 e. The molecule has 0 aliphatic carbocycles. The third-order valence-corrected chi connectivity index (χ3v) is 4.62. The van der Waals surface area contributed by atoms with Gasteiger partial charge in [0.05, 0.1) is 0 Å². The standard InChI is InChI=1S/C9H19NOS/c1-4-8-6-12(11)7(3)9(5-2)10-8/h7-10H,4-6H2,1-3H3. The van der Waals surface area contributed by atoms with Gasteiger partial charge in [-0.3, -0.25) is 4.21 Å². The highest BCUT2D eigenvalue weighted by Crippen LogP contribution is 2.15. The minimum absolute atomic E-state index is 0.331. The molecule has 0 saturated carbocycles. The van der Waals surface area contributed by atoms with Crippen molar-refractivity contribution in [2.75, 3.05) is 5.75 Å². The zero-order chi connectivity index (χ0) is 9.14. The number of nitrogens with one attached hydrogen (secondary N) is 1. The molecule has 0 spiro atoms. The summed E-state index contributed by atoms with van der Waals surface area (Å²) in [5, 5.41) is 3.87. The minimum atomic E-state index is -0.607. The molecule has 1 aliphatic rings. The Morgan fingerprint density at radius 1 is 1.42 bits per heavy atom. The summed E-state index contributed by atoms with van der Waals surface area (Å²) >= 11 is 0. The van der Waals surface area contributed by atoms with E-state index in [2.05, 4.69) is 26.1 Å². The van der Waals surface area contributed by atoms with Crippen molar-refractivity contribution in [2.45, 2.75) is 50.9 Å². The average Bonchev–Trinajstić information content (AvgIpc) is 2.09. The Labute approximate surface area is 77.6 Å². The topological polar surface area (TPSA) is 29.1 Å². The van der Waals surface area contributed by atoms with E-state index < -0.39 is 10.8 Å². The number of hydrogen-bond acceptors (Lipinski definition) is 2. The van der Waals surface area contributed by atoms with Crippen LogP contribution < -0.4 is 5.32 Å². The smallest absolute Gasteiger partial charge is 0.0473 e. The lowest BCUT2D eigenvalue weighted by molar-refractivity contribution is 0.403. The second-order valence-corrected chi connectivity index (χ2v) is 5.38. The molecule has 0 aromatic rings. The summed E-state index contributed by atoms with van der Waals surface area (Å²) in [7, 11) is -0.607. The van der Waals surface area contributed by atoms with Gasteiger partial charge in [-0.1, -0.05) is 13.8 Å². The van der Waals surface area contributed by atoms with Crippen LogP contribution in [0.5, 0.6) is 0 Å². The van der Waals surface area contributed by atoms with Crippen LogP contribution in [0.1, 0.15) is 33.6 Å². The average molecular weight is 189 g/mol. The fourth-order valence-corrected chi connectivity index (χ4v) is 3.37. The Hall–Kier alpha value is 0.110. The van der Waals surface area contributed by atoms with Gasteiger partial charge >= 0.3 is 0 Å². The first-order valence-electron chi connectivity index (χ1n) is 4.82. The maximum atomic E-state index is 11.6. The van der Waals surface area contributed by atoms with E-state index in [0.717, 1.165) is 18.6 Å². The van der Waals surface area contributed by atoms with Crippen molar-refractivity contribution in [3.63, 3.8) is 0 Å². The highest BCUT2D eigenvalue weighted by Gasteiger charge is 2.29. The molecule has 0 radical (unpaired) electrons. The fourth-order valence-electron chi connectivity index (χ4n) is 1.71. The predicted octanol–water partition coefficient (Wildman–Crippen LogP) is 1.28. The molecule has 0 amide bonds. The molecule has 1 rings (SSSR count). The van der Waals surface area contributed by atoms with Crippen LogP contribution in [-0.4, -0.2) is 27.3 Å². The van der Waals surface area contributed by atoms with Gasteiger partial charge in [0.25, 0.3) is 0 Å². The van der Waals surface area contributed by atoms with Crippen molar-refractivity contribution in [2.24, 2.45) is 0 Å². The zero-order valence-electron chi connectivity index (χ0n) is 8.17. The molecular formula is C9H19NOS. The van der Waals surface area contributed by atoms with Crippen molar-refractivity contribution in [1.82, 2.24) is 5.32 Å². The second kappa shape index (κ2) is 4.38. The Morgan fingerprint density at radius 3 is 2.58 bits per heavy atom. The zero-order valence-corrected chi connectivity index (χ0v) is 8.99. The van der Waals surface area contributed by atoms with E-state index in [4.69, 9.17) is 0 Å². The van der Waals surface area contributed by atoms with Crippen molar-refractivity contribution in [3.8, 4) is 0 Å². The van der Waals surface area contributed by atoms with Gasteiger partial charge in [-0.15, -0.1) is 0 Å². The number of hydrogen-bond donors (Lipinski definition) is 1. The Balaban J connectivity index is 2.58. The summed E-state index contributed by atoms with van der Waals surface area (Å²) in [4.78, 5) is 0. The first-order chi connectivity index (χ1) is 5.69. The lowest BCUT2D eigenvalue weighted by Gasteiger charge is -2.34. The lowest BCUT2D eigenvalue weighted by Crippen LogP contribution is -2.53. The molecule has 0 aromatic heterocycles. The van der Waals surface area contributed by atoms with Crippen molar-refractivity contribution in [3.05, 3.63) is 0 Å². The second-order valence-electron chi connectivity index (χ2n) is 3.54. The molecule has 12 heavy (non-hydrogen) atoms. The van der Waals surface area contributed by atoms with Crippen molar-refractivity contribution in [1.29, 1.82) is 0 Å². The van der Waals surface area contributed by atoms with Crippen LogP contribution >= 0.6 is 0 Å². The molecule has 0 aromatic carbocycles. The molecular weight excluding hydrogens is 170 g/mol. The molecule has 1 heterocycles. The summed E-state index contributed by atoms with van der Waals surface area (Å²) in [5.41, 5.74) is 0. The van der Waals surface area contributed by atoms with Crippen LogP contribution in [0.25, 0.3) is 0 Å². The molecule has 0 bridgehead atoms. The van der Waals surface area contributed by atoms with Gasteiger partial charge < -0.3 is 5.32 Å². The first kappa shape index (κ1) is 10.2. The third kappa shape index (κ3) is 2.07. The van der Waals surface area contributed by atoms with Gasteiger partial charge in [0.2, 0.25) is 0 Å². The Bertz CT molecular complexity index is 172. The van der Waals surface area contributed by atoms with Gasteiger partial charge in [0.1, 0.15) is 0 Å². The molecule has 2 nitrogen and oxygen atoms in total. The van der Waals surface area contributed by atoms with Crippen LogP contribution in [-0.2, 0) is 10.8 Å². The van der Waals surface area contributed by atoms with E-state index in [0.29, 0.717) is 17.3 Å². The lowest BCUT2D eigenvalue weighted by atomic mass is 10.1. The maximum absolute atomic E-state index is 11.6. The van der Waals surface area contributed by atoms with Crippen LogP contribution in [0.2, 0.25) is 0 Å². The van der Waals surface area contributed by atoms with E-state index in [-0.39, 0.29) is 0 Å². The Morgan fingerprint density at radius 2 is 2.08 bits per heavy atom. The highest BCUT2D eigenvalue weighted by molar-refractivity contribution is 7.85. The summed E-state index contributed by atoms with van der Waals surface area (Å²) in [6.07, 6.45) is 2.18. The third-order valence-electron chi connectivity index (χ3n) is 2.73.